The fourth-order valence-corrected chi connectivity index (χ4v) is 2.68. The Kier molecular flexibility index (Phi) is 4.17. The highest BCUT2D eigenvalue weighted by Crippen LogP contribution is 2.29. The smallest absolute Gasteiger partial charge is 0.0485 e. The van der Waals surface area contributed by atoms with Crippen LogP contribution in [0.2, 0.25) is 0 Å². The summed E-state index contributed by atoms with van der Waals surface area (Å²) in [6.07, 6.45) is 0.981. The first-order chi connectivity index (χ1) is 10.4. The van der Waals surface area contributed by atoms with Gasteiger partial charge in [0.1, 0.15) is 0 Å². The summed E-state index contributed by atoms with van der Waals surface area (Å²) in [6.45, 7) is 1.65. The molecule has 1 heterocycles. The van der Waals surface area contributed by atoms with Gasteiger partial charge in [-0.25, -0.2) is 0 Å². The average molecular weight is 276 g/mol. The second-order valence-corrected chi connectivity index (χ2v) is 5.13. The molecule has 0 aliphatic heterocycles. The lowest BCUT2D eigenvalue weighted by atomic mass is 10.1. The number of hydrogen-bond acceptors (Lipinski definition) is 1. The Balaban J connectivity index is 2.07. The van der Waals surface area contributed by atoms with Gasteiger partial charge >= 0.3 is 0 Å². The minimum Gasteiger partial charge on any atom is -0.340 e. The summed E-state index contributed by atoms with van der Waals surface area (Å²) in [5, 5.41) is 0. The van der Waals surface area contributed by atoms with Gasteiger partial charge in [0.15, 0.2) is 0 Å². The summed E-state index contributed by atoms with van der Waals surface area (Å²) in [4.78, 5) is 0. The normalized spacial score (nSPS) is 10.7. The highest BCUT2D eigenvalue weighted by atomic mass is 15.0. The number of rotatable bonds is 5. The molecule has 0 fully saturated rings. The minimum absolute atomic E-state index is 0.709. The van der Waals surface area contributed by atoms with E-state index in [4.69, 9.17) is 5.73 Å². The SMILES string of the molecule is NCCCn1c(-c2ccccc2)ccc1-c1ccccc1. The van der Waals surface area contributed by atoms with Crippen molar-refractivity contribution in [3.63, 3.8) is 0 Å². The first-order valence-corrected chi connectivity index (χ1v) is 7.40. The van der Waals surface area contributed by atoms with Crippen LogP contribution in [0.4, 0.5) is 0 Å². The van der Waals surface area contributed by atoms with E-state index in [2.05, 4.69) is 77.4 Å². The molecule has 0 aliphatic carbocycles. The molecule has 0 radical (unpaired) electrons. The van der Waals surface area contributed by atoms with Crippen molar-refractivity contribution in [2.24, 2.45) is 5.73 Å². The molecule has 21 heavy (non-hydrogen) atoms. The monoisotopic (exact) mass is 276 g/mol. The maximum atomic E-state index is 5.71. The van der Waals surface area contributed by atoms with Gasteiger partial charge in [0.2, 0.25) is 0 Å². The zero-order valence-corrected chi connectivity index (χ0v) is 12.1. The molecule has 0 saturated heterocycles. The van der Waals surface area contributed by atoms with Crippen LogP contribution in [0.15, 0.2) is 72.8 Å². The fourth-order valence-electron chi connectivity index (χ4n) is 2.68. The Labute approximate surface area is 125 Å². The fraction of sp³-hybridized carbons (Fsp3) is 0.158. The molecule has 0 aliphatic rings. The molecular formula is C19H20N2. The minimum atomic E-state index is 0.709. The van der Waals surface area contributed by atoms with Gasteiger partial charge in [-0.2, -0.15) is 0 Å². The van der Waals surface area contributed by atoms with Crippen molar-refractivity contribution in [3.05, 3.63) is 72.8 Å². The van der Waals surface area contributed by atoms with Crippen molar-refractivity contribution >= 4 is 0 Å². The van der Waals surface area contributed by atoms with E-state index in [0.717, 1.165) is 13.0 Å². The van der Waals surface area contributed by atoms with Gasteiger partial charge in [0, 0.05) is 17.9 Å². The van der Waals surface area contributed by atoms with Crippen LogP contribution in [0.3, 0.4) is 0 Å². The Morgan fingerprint density at radius 1 is 0.667 bits per heavy atom. The molecular weight excluding hydrogens is 256 g/mol. The number of nitrogens with zero attached hydrogens (tertiary/aromatic N) is 1. The van der Waals surface area contributed by atoms with Crippen LogP contribution < -0.4 is 5.73 Å². The third kappa shape index (κ3) is 2.91. The van der Waals surface area contributed by atoms with Gasteiger partial charge in [-0.1, -0.05) is 60.7 Å². The number of hydrogen-bond donors (Lipinski definition) is 1. The molecule has 0 unspecified atom stereocenters. The van der Waals surface area contributed by atoms with Gasteiger partial charge in [-0.05, 0) is 36.2 Å². The summed E-state index contributed by atoms with van der Waals surface area (Å²) in [7, 11) is 0. The molecule has 1 aromatic heterocycles. The van der Waals surface area contributed by atoms with E-state index >= 15 is 0 Å². The van der Waals surface area contributed by atoms with Crippen LogP contribution in [-0.4, -0.2) is 11.1 Å². The second-order valence-electron chi connectivity index (χ2n) is 5.13. The number of aromatic nitrogens is 1. The quantitative estimate of drug-likeness (QED) is 0.745. The van der Waals surface area contributed by atoms with Gasteiger partial charge in [-0.3, -0.25) is 0 Å². The number of nitrogens with two attached hydrogens (primary N) is 1. The molecule has 2 aromatic carbocycles. The van der Waals surface area contributed by atoms with Crippen molar-refractivity contribution in [2.75, 3.05) is 6.54 Å². The molecule has 2 nitrogen and oxygen atoms in total. The molecule has 0 saturated carbocycles. The van der Waals surface area contributed by atoms with Gasteiger partial charge in [0.25, 0.3) is 0 Å². The molecule has 0 atom stereocenters. The summed E-state index contributed by atoms with van der Waals surface area (Å²) < 4.78 is 2.37. The third-order valence-corrected chi connectivity index (χ3v) is 3.71. The molecule has 106 valence electrons. The van der Waals surface area contributed by atoms with Crippen LogP contribution in [0.25, 0.3) is 22.5 Å². The van der Waals surface area contributed by atoms with E-state index in [-0.39, 0.29) is 0 Å². The largest absolute Gasteiger partial charge is 0.340 e. The van der Waals surface area contributed by atoms with E-state index in [9.17, 15) is 0 Å². The molecule has 0 spiro atoms. The van der Waals surface area contributed by atoms with E-state index in [0.29, 0.717) is 6.54 Å². The Bertz CT molecular complexity index is 627. The Morgan fingerprint density at radius 2 is 1.14 bits per heavy atom. The predicted octanol–water partition coefficient (Wildman–Crippen LogP) is 4.17. The number of benzene rings is 2. The van der Waals surface area contributed by atoms with E-state index in [1.807, 2.05) is 0 Å². The lowest BCUT2D eigenvalue weighted by Gasteiger charge is -2.13. The highest BCUT2D eigenvalue weighted by Gasteiger charge is 2.10. The second kappa shape index (κ2) is 6.42. The van der Waals surface area contributed by atoms with Crippen molar-refractivity contribution in [1.29, 1.82) is 0 Å². The van der Waals surface area contributed by atoms with Gasteiger partial charge < -0.3 is 10.3 Å². The molecule has 2 N–H and O–H groups in total. The topological polar surface area (TPSA) is 30.9 Å². The van der Waals surface area contributed by atoms with Crippen LogP contribution in [-0.2, 0) is 6.54 Å². The van der Waals surface area contributed by atoms with Crippen LogP contribution >= 0.6 is 0 Å². The third-order valence-electron chi connectivity index (χ3n) is 3.71. The van der Waals surface area contributed by atoms with Crippen molar-refractivity contribution in [1.82, 2.24) is 4.57 Å². The first-order valence-electron chi connectivity index (χ1n) is 7.40. The zero-order valence-electron chi connectivity index (χ0n) is 12.1. The first kappa shape index (κ1) is 13.7. The Morgan fingerprint density at radius 3 is 1.57 bits per heavy atom. The van der Waals surface area contributed by atoms with Crippen molar-refractivity contribution in [3.8, 4) is 22.5 Å². The van der Waals surface area contributed by atoms with Gasteiger partial charge in [0.05, 0.1) is 0 Å². The lowest BCUT2D eigenvalue weighted by molar-refractivity contribution is 0.664. The summed E-state index contributed by atoms with van der Waals surface area (Å²) >= 11 is 0. The summed E-state index contributed by atoms with van der Waals surface area (Å²) in [6, 6.07) is 25.5. The molecule has 3 aromatic rings. The predicted molar refractivity (Wildman–Crippen MR) is 89.0 cm³/mol. The zero-order chi connectivity index (χ0) is 14.5. The standard InChI is InChI=1S/C19H20N2/c20-14-7-15-21-18(16-8-3-1-4-9-16)12-13-19(21)17-10-5-2-6-11-17/h1-6,8-13H,7,14-15,20H2. The average Bonchev–Trinajstić information content (AvgIpc) is 2.98. The van der Waals surface area contributed by atoms with Gasteiger partial charge in [-0.15, -0.1) is 0 Å². The van der Waals surface area contributed by atoms with E-state index in [1.165, 1.54) is 22.5 Å². The molecule has 0 bridgehead atoms. The van der Waals surface area contributed by atoms with E-state index in [1.54, 1.807) is 0 Å². The lowest BCUT2D eigenvalue weighted by Crippen LogP contribution is -2.08. The molecule has 3 rings (SSSR count). The Hall–Kier alpha value is -2.32. The maximum absolute atomic E-state index is 5.71. The summed E-state index contributed by atoms with van der Waals surface area (Å²) in [5.41, 5.74) is 10.7. The molecule has 0 amide bonds. The van der Waals surface area contributed by atoms with Crippen LogP contribution in [0, 0.1) is 0 Å². The van der Waals surface area contributed by atoms with Crippen molar-refractivity contribution in [2.45, 2.75) is 13.0 Å². The van der Waals surface area contributed by atoms with Crippen LogP contribution in [0.5, 0.6) is 0 Å². The maximum Gasteiger partial charge on any atom is 0.0485 e. The van der Waals surface area contributed by atoms with Crippen LogP contribution in [0.1, 0.15) is 6.42 Å². The summed E-state index contributed by atoms with van der Waals surface area (Å²) in [5.74, 6) is 0. The molecule has 2 heteroatoms. The highest BCUT2D eigenvalue weighted by molar-refractivity contribution is 5.69. The van der Waals surface area contributed by atoms with Crippen molar-refractivity contribution < 1.29 is 0 Å². The van der Waals surface area contributed by atoms with E-state index < -0.39 is 0 Å².